The third kappa shape index (κ3) is 3.42. The lowest BCUT2D eigenvalue weighted by molar-refractivity contribution is -0.137. The average molecular weight is 343 g/mol. The summed E-state index contributed by atoms with van der Waals surface area (Å²) >= 11 is 5.96. The summed E-state index contributed by atoms with van der Waals surface area (Å²) in [5.74, 6) is 0.840. The average Bonchev–Trinajstić information content (AvgIpc) is 3.16. The molecule has 122 valence electrons. The van der Waals surface area contributed by atoms with Crippen LogP contribution in [0.3, 0.4) is 0 Å². The Bertz CT molecular complexity index is 506. The van der Waals surface area contributed by atoms with Crippen molar-refractivity contribution < 1.29 is 4.79 Å². The number of rotatable bonds is 3. The molecule has 2 fully saturated rings. The lowest BCUT2D eigenvalue weighted by atomic mass is 9.94. The van der Waals surface area contributed by atoms with Gasteiger partial charge in [0.1, 0.15) is 0 Å². The SMILES string of the molecule is Cl.NC[C@H]1CCC[C@H]1C(=O)N1CCCC1c1ccc(Cl)cc1. The number of hydrogen-bond donors (Lipinski definition) is 1. The molecule has 22 heavy (non-hydrogen) atoms. The molecular formula is C17H24Cl2N2O. The van der Waals surface area contributed by atoms with E-state index in [1.165, 1.54) is 5.56 Å². The van der Waals surface area contributed by atoms with E-state index in [1.807, 2.05) is 24.3 Å². The van der Waals surface area contributed by atoms with Crippen molar-refractivity contribution in [2.75, 3.05) is 13.1 Å². The van der Waals surface area contributed by atoms with E-state index in [0.29, 0.717) is 18.4 Å². The Morgan fingerprint density at radius 2 is 1.91 bits per heavy atom. The normalized spacial score (nSPS) is 27.7. The van der Waals surface area contributed by atoms with E-state index in [2.05, 4.69) is 4.90 Å². The van der Waals surface area contributed by atoms with Crippen molar-refractivity contribution >= 4 is 29.9 Å². The fourth-order valence-corrected chi connectivity index (χ4v) is 4.05. The molecular weight excluding hydrogens is 319 g/mol. The summed E-state index contributed by atoms with van der Waals surface area (Å²) in [5, 5.41) is 0.744. The minimum absolute atomic E-state index is 0. The highest BCUT2D eigenvalue weighted by Crippen LogP contribution is 2.38. The fourth-order valence-electron chi connectivity index (χ4n) is 3.92. The molecule has 1 saturated heterocycles. The molecule has 0 spiro atoms. The van der Waals surface area contributed by atoms with E-state index in [0.717, 1.165) is 43.7 Å². The molecule has 1 aliphatic heterocycles. The van der Waals surface area contributed by atoms with Gasteiger partial charge in [-0.15, -0.1) is 12.4 Å². The summed E-state index contributed by atoms with van der Waals surface area (Å²) in [6.07, 6.45) is 5.38. The maximum absolute atomic E-state index is 12.9. The zero-order chi connectivity index (χ0) is 14.8. The number of likely N-dealkylation sites (tertiary alicyclic amines) is 1. The molecule has 2 N–H and O–H groups in total. The van der Waals surface area contributed by atoms with Crippen molar-refractivity contribution in [3.63, 3.8) is 0 Å². The minimum atomic E-state index is 0. The number of amides is 1. The summed E-state index contributed by atoms with van der Waals surface area (Å²) in [4.78, 5) is 15.0. The van der Waals surface area contributed by atoms with Crippen LogP contribution in [0.5, 0.6) is 0 Å². The van der Waals surface area contributed by atoms with E-state index >= 15 is 0 Å². The number of nitrogens with zero attached hydrogens (tertiary/aromatic N) is 1. The van der Waals surface area contributed by atoms with Crippen molar-refractivity contribution in [2.24, 2.45) is 17.6 Å². The van der Waals surface area contributed by atoms with Gasteiger partial charge in [0.15, 0.2) is 0 Å². The maximum Gasteiger partial charge on any atom is 0.226 e. The van der Waals surface area contributed by atoms with Gasteiger partial charge in [0.2, 0.25) is 5.91 Å². The van der Waals surface area contributed by atoms with Crippen molar-refractivity contribution in [1.29, 1.82) is 0 Å². The molecule has 0 radical (unpaired) electrons. The van der Waals surface area contributed by atoms with Gasteiger partial charge >= 0.3 is 0 Å². The van der Waals surface area contributed by atoms with Gasteiger partial charge in [0, 0.05) is 17.5 Å². The second kappa shape index (κ2) is 7.67. The summed E-state index contributed by atoms with van der Waals surface area (Å²) in [7, 11) is 0. The van der Waals surface area contributed by atoms with Gasteiger partial charge in [-0.1, -0.05) is 30.2 Å². The zero-order valence-electron chi connectivity index (χ0n) is 12.7. The lowest BCUT2D eigenvalue weighted by Crippen LogP contribution is -2.38. The Balaban J connectivity index is 0.00000176. The highest BCUT2D eigenvalue weighted by molar-refractivity contribution is 6.30. The van der Waals surface area contributed by atoms with Crippen LogP contribution in [0.15, 0.2) is 24.3 Å². The summed E-state index contributed by atoms with van der Waals surface area (Å²) in [6, 6.07) is 8.14. The Hall–Kier alpha value is -0.770. The van der Waals surface area contributed by atoms with Gasteiger partial charge in [0.05, 0.1) is 6.04 Å². The standard InChI is InChI=1S/C17H23ClN2O.ClH/c18-14-8-6-12(7-9-14)16-5-2-10-20(16)17(21)15-4-1-3-13(15)11-19;/h6-9,13,15-16H,1-5,10-11,19H2;1H/t13-,15-,16?;/m1./s1. The third-order valence-electron chi connectivity index (χ3n) is 5.07. The molecule has 1 heterocycles. The number of hydrogen-bond acceptors (Lipinski definition) is 2. The van der Waals surface area contributed by atoms with Gasteiger partial charge in [0.25, 0.3) is 0 Å². The summed E-state index contributed by atoms with van der Waals surface area (Å²) in [6.45, 7) is 1.51. The molecule has 1 aliphatic carbocycles. The van der Waals surface area contributed by atoms with Crippen molar-refractivity contribution in [2.45, 2.75) is 38.1 Å². The number of benzene rings is 1. The van der Waals surface area contributed by atoms with Crippen LogP contribution in [0.2, 0.25) is 5.02 Å². The van der Waals surface area contributed by atoms with Crippen LogP contribution in [0.25, 0.3) is 0 Å². The Morgan fingerprint density at radius 1 is 1.18 bits per heavy atom. The van der Waals surface area contributed by atoms with Gasteiger partial charge in [-0.25, -0.2) is 0 Å². The Labute approximate surface area is 143 Å². The summed E-state index contributed by atoms with van der Waals surface area (Å²) in [5.41, 5.74) is 7.04. The number of carbonyl (C=O) groups excluding carboxylic acids is 1. The van der Waals surface area contributed by atoms with E-state index in [-0.39, 0.29) is 24.4 Å². The smallest absolute Gasteiger partial charge is 0.226 e. The predicted molar refractivity (Wildman–Crippen MR) is 92.3 cm³/mol. The highest BCUT2D eigenvalue weighted by Gasteiger charge is 2.38. The molecule has 0 bridgehead atoms. The van der Waals surface area contributed by atoms with Crippen LogP contribution < -0.4 is 5.73 Å². The van der Waals surface area contributed by atoms with Crippen LogP contribution in [0.4, 0.5) is 0 Å². The predicted octanol–water partition coefficient (Wildman–Crippen LogP) is 3.80. The molecule has 1 saturated carbocycles. The molecule has 3 nitrogen and oxygen atoms in total. The number of nitrogens with two attached hydrogens (primary N) is 1. The molecule has 1 unspecified atom stereocenters. The van der Waals surface area contributed by atoms with E-state index < -0.39 is 0 Å². The fraction of sp³-hybridized carbons (Fsp3) is 0.588. The second-order valence-electron chi connectivity index (χ2n) is 6.27. The van der Waals surface area contributed by atoms with Crippen LogP contribution in [-0.2, 0) is 4.79 Å². The zero-order valence-corrected chi connectivity index (χ0v) is 14.3. The number of halogens is 2. The van der Waals surface area contributed by atoms with Crippen LogP contribution in [0.1, 0.15) is 43.7 Å². The van der Waals surface area contributed by atoms with Crippen LogP contribution in [-0.4, -0.2) is 23.9 Å². The number of carbonyl (C=O) groups is 1. The first kappa shape index (κ1) is 17.6. The van der Waals surface area contributed by atoms with Gasteiger partial charge in [-0.3, -0.25) is 4.79 Å². The Kier molecular flexibility index (Phi) is 6.13. The lowest BCUT2D eigenvalue weighted by Gasteiger charge is -2.30. The minimum Gasteiger partial charge on any atom is -0.335 e. The van der Waals surface area contributed by atoms with Crippen molar-refractivity contribution in [3.8, 4) is 0 Å². The monoisotopic (exact) mass is 342 g/mol. The van der Waals surface area contributed by atoms with Crippen molar-refractivity contribution in [1.82, 2.24) is 4.90 Å². The first-order chi connectivity index (χ1) is 10.2. The molecule has 1 amide bonds. The Morgan fingerprint density at radius 3 is 2.59 bits per heavy atom. The van der Waals surface area contributed by atoms with E-state index in [1.54, 1.807) is 0 Å². The van der Waals surface area contributed by atoms with E-state index in [9.17, 15) is 4.79 Å². The van der Waals surface area contributed by atoms with Gasteiger partial charge in [-0.2, -0.15) is 0 Å². The highest BCUT2D eigenvalue weighted by atomic mass is 35.5. The quantitative estimate of drug-likeness (QED) is 0.907. The van der Waals surface area contributed by atoms with Crippen LogP contribution >= 0.6 is 24.0 Å². The largest absolute Gasteiger partial charge is 0.335 e. The topological polar surface area (TPSA) is 46.3 Å². The van der Waals surface area contributed by atoms with E-state index in [4.69, 9.17) is 17.3 Å². The molecule has 2 aliphatic rings. The first-order valence-electron chi connectivity index (χ1n) is 7.96. The first-order valence-corrected chi connectivity index (χ1v) is 8.34. The van der Waals surface area contributed by atoms with Crippen molar-refractivity contribution in [3.05, 3.63) is 34.9 Å². The third-order valence-corrected chi connectivity index (χ3v) is 5.32. The molecule has 0 aromatic heterocycles. The summed E-state index contributed by atoms with van der Waals surface area (Å²) < 4.78 is 0. The van der Waals surface area contributed by atoms with Gasteiger partial charge in [-0.05, 0) is 55.8 Å². The molecule has 1 aromatic rings. The van der Waals surface area contributed by atoms with Gasteiger partial charge < -0.3 is 10.6 Å². The molecule has 3 rings (SSSR count). The maximum atomic E-state index is 12.9. The second-order valence-corrected chi connectivity index (χ2v) is 6.71. The molecule has 3 atom stereocenters. The van der Waals surface area contributed by atoms with Crippen LogP contribution in [0, 0.1) is 11.8 Å². The molecule has 5 heteroatoms. The molecule has 1 aromatic carbocycles.